The lowest BCUT2D eigenvalue weighted by atomic mass is 10.1. The average molecular weight is 308 g/mol. The second kappa shape index (κ2) is 6.11. The van der Waals surface area contributed by atoms with E-state index in [9.17, 15) is 18.3 Å². The van der Waals surface area contributed by atoms with E-state index in [1.807, 2.05) is 6.07 Å². The number of aryl methyl sites for hydroxylation is 1. The van der Waals surface area contributed by atoms with Gasteiger partial charge in [-0.05, 0) is 18.1 Å². The largest absolute Gasteiger partial charge is 0.480 e. The van der Waals surface area contributed by atoms with E-state index in [0.29, 0.717) is 0 Å². The summed E-state index contributed by atoms with van der Waals surface area (Å²) in [5, 5.41) is 9.22. The van der Waals surface area contributed by atoms with Crippen LogP contribution in [0.1, 0.15) is 5.56 Å². The van der Waals surface area contributed by atoms with Crippen molar-refractivity contribution in [3.8, 4) is 0 Å². The summed E-state index contributed by atoms with van der Waals surface area (Å²) in [7, 11) is -2.16. The molecule has 1 aromatic carbocycles. The number of carbonyl (C=O) groups is 1. The third-order valence-electron chi connectivity index (χ3n) is 2.99. The molecule has 1 atom stereocenters. The van der Waals surface area contributed by atoms with Gasteiger partial charge in [0, 0.05) is 19.4 Å². The minimum Gasteiger partial charge on any atom is -0.480 e. The highest BCUT2D eigenvalue weighted by molar-refractivity contribution is 7.89. The Bertz CT molecular complexity index is 722. The topological polar surface area (TPSA) is 88.4 Å². The monoisotopic (exact) mass is 308 g/mol. The molecule has 112 valence electrons. The fourth-order valence-corrected chi connectivity index (χ4v) is 3.16. The van der Waals surface area contributed by atoms with Crippen LogP contribution in [0, 0.1) is 0 Å². The van der Waals surface area contributed by atoms with Crippen LogP contribution in [-0.2, 0) is 28.3 Å². The van der Waals surface area contributed by atoms with Crippen LogP contribution < -0.4 is 4.72 Å². The molecule has 2 aromatic rings. The molecule has 0 aliphatic rings. The van der Waals surface area contributed by atoms with Crippen LogP contribution in [0.3, 0.4) is 0 Å². The van der Waals surface area contributed by atoms with Crippen molar-refractivity contribution < 1.29 is 18.3 Å². The minimum absolute atomic E-state index is 0.0457. The molecule has 0 aliphatic carbocycles. The Hall–Kier alpha value is -2.12. The van der Waals surface area contributed by atoms with Crippen molar-refractivity contribution in [3.63, 3.8) is 0 Å². The summed E-state index contributed by atoms with van der Waals surface area (Å²) in [5.41, 5.74) is 0.751. The molecule has 2 rings (SSSR count). The standard InChI is InChI=1S/C14H16N2O4S/c1-16-8-7-12(10-16)21(19,20)15-13(14(17)18)9-11-5-3-2-4-6-11/h2-8,10,13,15H,9H2,1H3,(H,17,18)/t13-/m0/s1. The Morgan fingerprint density at radius 2 is 1.95 bits per heavy atom. The Morgan fingerprint density at radius 1 is 1.29 bits per heavy atom. The van der Waals surface area contributed by atoms with Gasteiger partial charge in [-0.3, -0.25) is 4.79 Å². The van der Waals surface area contributed by atoms with Crippen LogP contribution in [-0.4, -0.2) is 30.1 Å². The van der Waals surface area contributed by atoms with E-state index < -0.39 is 22.0 Å². The molecule has 6 nitrogen and oxygen atoms in total. The summed E-state index contributed by atoms with van der Waals surface area (Å²) in [5.74, 6) is -1.21. The second-order valence-electron chi connectivity index (χ2n) is 4.71. The van der Waals surface area contributed by atoms with Crippen molar-refractivity contribution in [2.45, 2.75) is 17.4 Å². The molecule has 21 heavy (non-hydrogen) atoms. The van der Waals surface area contributed by atoms with Crippen molar-refractivity contribution in [2.24, 2.45) is 7.05 Å². The van der Waals surface area contributed by atoms with Crippen LogP contribution in [0.25, 0.3) is 0 Å². The number of aliphatic carboxylic acids is 1. The summed E-state index contributed by atoms with van der Waals surface area (Å²) in [6.07, 6.45) is 3.09. The van der Waals surface area contributed by atoms with Gasteiger partial charge in [0.15, 0.2) is 0 Å². The predicted molar refractivity (Wildman–Crippen MR) is 77.3 cm³/mol. The van der Waals surface area contributed by atoms with E-state index >= 15 is 0 Å². The van der Waals surface area contributed by atoms with Gasteiger partial charge in [-0.1, -0.05) is 30.3 Å². The van der Waals surface area contributed by atoms with Crippen molar-refractivity contribution in [1.29, 1.82) is 0 Å². The first kappa shape index (κ1) is 15.3. The molecule has 0 radical (unpaired) electrons. The molecule has 0 amide bonds. The highest BCUT2D eigenvalue weighted by Gasteiger charge is 2.26. The SMILES string of the molecule is Cn1ccc(S(=O)(=O)N[C@@H](Cc2ccccc2)C(=O)O)c1. The zero-order valence-corrected chi connectivity index (χ0v) is 12.2. The number of carboxylic acid groups (broad SMARTS) is 1. The number of hydrogen-bond acceptors (Lipinski definition) is 3. The molecular weight excluding hydrogens is 292 g/mol. The molecule has 2 N–H and O–H groups in total. The van der Waals surface area contributed by atoms with E-state index in [4.69, 9.17) is 0 Å². The van der Waals surface area contributed by atoms with Crippen molar-refractivity contribution in [3.05, 3.63) is 54.4 Å². The zero-order valence-electron chi connectivity index (χ0n) is 11.4. The first-order valence-electron chi connectivity index (χ1n) is 6.29. The van der Waals surface area contributed by atoms with Crippen molar-refractivity contribution in [1.82, 2.24) is 9.29 Å². The van der Waals surface area contributed by atoms with Crippen LogP contribution in [0.4, 0.5) is 0 Å². The summed E-state index contributed by atoms with van der Waals surface area (Å²) >= 11 is 0. The van der Waals surface area contributed by atoms with Gasteiger partial charge < -0.3 is 9.67 Å². The molecule has 7 heteroatoms. The lowest BCUT2D eigenvalue weighted by Gasteiger charge is -2.14. The molecule has 1 heterocycles. The van der Waals surface area contributed by atoms with Crippen LogP contribution in [0.15, 0.2) is 53.7 Å². The second-order valence-corrected chi connectivity index (χ2v) is 6.43. The normalized spacial score (nSPS) is 13.0. The Labute approximate surface area is 123 Å². The van der Waals surface area contributed by atoms with Gasteiger partial charge in [-0.2, -0.15) is 4.72 Å². The Balaban J connectivity index is 2.18. The molecule has 0 aliphatic heterocycles. The lowest BCUT2D eigenvalue weighted by molar-refractivity contribution is -0.138. The summed E-state index contributed by atoms with van der Waals surface area (Å²) in [6.45, 7) is 0. The first-order valence-corrected chi connectivity index (χ1v) is 7.78. The van der Waals surface area contributed by atoms with E-state index in [0.717, 1.165) is 5.56 Å². The van der Waals surface area contributed by atoms with Crippen molar-refractivity contribution in [2.75, 3.05) is 0 Å². The summed E-state index contributed by atoms with van der Waals surface area (Å²) < 4.78 is 28.1. The molecule has 0 spiro atoms. The quantitative estimate of drug-likeness (QED) is 0.833. The van der Waals surface area contributed by atoms with Crippen LogP contribution >= 0.6 is 0 Å². The number of aromatic nitrogens is 1. The van der Waals surface area contributed by atoms with E-state index in [-0.39, 0.29) is 11.3 Å². The predicted octanol–water partition coefficient (Wildman–Crippen LogP) is 0.999. The van der Waals surface area contributed by atoms with Gasteiger partial charge in [-0.15, -0.1) is 0 Å². The number of nitrogens with one attached hydrogen (secondary N) is 1. The Kier molecular flexibility index (Phi) is 4.44. The fourth-order valence-electron chi connectivity index (χ4n) is 1.92. The molecule has 1 aromatic heterocycles. The van der Waals surface area contributed by atoms with E-state index in [1.54, 1.807) is 42.1 Å². The van der Waals surface area contributed by atoms with Crippen LogP contribution in [0.5, 0.6) is 0 Å². The number of benzene rings is 1. The number of sulfonamides is 1. The number of hydrogen-bond donors (Lipinski definition) is 2. The van der Waals surface area contributed by atoms with E-state index in [2.05, 4.69) is 4.72 Å². The zero-order chi connectivity index (χ0) is 15.5. The van der Waals surface area contributed by atoms with E-state index in [1.165, 1.54) is 12.3 Å². The van der Waals surface area contributed by atoms with Gasteiger partial charge >= 0.3 is 5.97 Å². The maximum Gasteiger partial charge on any atom is 0.322 e. The third-order valence-corrected chi connectivity index (χ3v) is 4.45. The number of carboxylic acids is 1. The van der Waals surface area contributed by atoms with Gasteiger partial charge in [0.2, 0.25) is 10.0 Å². The molecule has 0 bridgehead atoms. The number of rotatable bonds is 6. The van der Waals surface area contributed by atoms with Gasteiger partial charge in [-0.25, -0.2) is 8.42 Å². The fraction of sp³-hybridized carbons (Fsp3) is 0.214. The first-order chi connectivity index (χ1) is 9.88. The molecule has 0 unspecified atom stereocenters. The highest BCUT2D eigenvalue weighted by atomic mass is 32.2. The maximum atomic E-state index is 12.2. The van der Waals surface area contributed by atoms with Gasteiger partial charge in [0.1, 0.15) is 6.04 Å². The number of nitrogens with zero attached hydrogens (tertiary/aromatic N) is 1. The molecule has 0 saturated heterocycles. The smallest absolute Gasteiger partial charge is 0.322 e. The summed E-state index contributed by atoms with van der Waals surface area (Å²) in [4.78, 5) is 11.3. The minimum atomic E-state index is -3.86. The molecule has 0 fully saturated rings. The lowest BCUT2D eigenvalue weighted by Crippen LogP contribution is -2.42. The average Bonchev–Trinajstić information content (AvgIpc) is 2.86. The van der Waals surface area contributed by atoms with Crippen molar-refractivity contribution >= 4 is 16.0 Å². The third kappa shape index (κ3) is 3.93. The molecular formula is C14H16N2O4S. The highest BCUT2D eigenvalue weighted by Crippen LogP contribution is 2.11. The molecule has 0 saturated carbocycles. The van der Waals surface area contributed by atoms with Gasteiger partial charge in [0.25, 0.3) is 0 Å². The maximum absolute atomic E-state index is 12.2. The van der Waals surface area contributed by atoms with Crippen LogP contribution in [0.2, 0.25) is 0 Å². The van der Waals surface area contributed by atoms with Gasteiger partial charge in [0.05, 0.1) is 4.90 Å². The summed E-state index contributed by atoms with van der Waals surface area (Å²) in [6, 6.07) is 9.09. The Morgan fingerprint density at radius 3 is 2.48 bits per heavy atom.